The number of amides is 2. The molecule has 144 valence electrons. The van der Waals surface area contributed by atoms with E-state index in [4.69, 9.17) is 23.2 Å². The standard InChI is InChI=1S/C19H16Cl2N4O2S/c1-11-2-5-13(6-3-11)23-17(26)9-16-18(27)24-19(28-16)25-22-10-12-4-7-14(20)15(21)8-12/h2-8,10,16H,9H2,1H3,(H,23,26)(H,24,25,27)/b22-10-/t16-/m0/s1. The highest BCUT2D eigenvalue weighted by molar-refractivity contribution is 8.15. The van der Waals surface area contributed by atoms with E-state index < -0.39 is 5.25 Å². The van der Waals surface area contributed by atoms with Gasteiger partial charge in [-0.2, -0.15) is 5.10 Å². The number of carbonyl (C=O) groups is 2. The van der Waals surface area contributed by atoms with E-state index in [2.05, 4.69) is 20.8 Å². The Hall–Kier alpha value is -2.35. The first kappa shape index (κ1) is 20.4. The summed E-state index contributed by atoms with van der Waals surface area (Å²) in [6, 6.07) is 12.5. The molecule has 0 bridgehead atoms. The van der Waals surface area contributed by atoms with E-state index in [1.807, 2.05) is 31.2 Å². The predicted octanol–water partition coefficient (Wildman–Crippen LogP) is 4.25. The van der Waals surface area contributed by atoms with Crippen LogP contribution in [0.5, 0.6) is 0 Å². The number of rotatable bonds is 5. The monoisotopic (exact) mass is 434 g/mol. The number of aryl methyl sites for hydroxylation is 1. The smallest absolute Gasteiger partial charge is 0.240 e. The molecule has 1 saturated heterocycles. The van der Waals surface area contributed by atoms with Crippen LogP contribution in [0.2, 0.25) is 10.0 Å². The van der Waals surface area contributed by atoms with Crippen LogP contribution in [0.15, 0.2) is 52.7 Å². The van der Waals surface area contributed by atoms with Gasteiger partial charge in [0.2, 0.25) is 11.8 Å². The number of carbonyl (C=O) groups excluding carboxylic acids is 2. The number of anilines is 1. The zero-order valence-corrected chi connectivity index (χ0v) is 17.1. The van der Waals surface area contributed by atoms with Gasteiger partial charge in [-0.15, -0.1) is 5.10 Å². The largest absolute Gasteiger partial charge is 0.326 e. The highest BCUT2D eigenvalue weighted by Gasteiger charge is 2.32. The normalized spacial score (nSPS) is 17.9. The number of halogens is 2. The Labute approximate surface area is 176 Å². The van der Waals surface area contributed by atoms with Crippen molar-refractivity contribution in [1.82, 2.24) is 5.32 Å². The SMILES string of the molecule is Cc1ccc(NC(=O)C[C@@H]2S/C(=N/N=C\c3ccc(Cl)c(Cl)c3)NC2=O)cc1. The second-order valence-corrected chi connectivity index (χ2v) is 8.04. The zero-order valence-electron chi connectivity index (χ0n) is 14.8. The van der Waals surface area contributed by atoms with Gasteiger partial charge in [-0.25, -0.2) is 0 Å². The summed E-state index contributed by atoms with van der Waals surface area (Å²) in [6.45, 7) is 1.97. The summed E-state index contributed by atoms with van der Waals surface area (Å²) in [7, 11) is 0. The minimum absolute atomic E-state index is 0.0416. The quantitative estimate of drug-likeness (QED) is 0.544. The van der Waals surface area contributed by atoms with Crippen LogP contribution in [0.1, 0.15) is 17.5 Å². The Morgan fingerprint density at radius 2 is 1.96 bits per heavy atom. The molecule has 28 heavy (non-hydrogen) atoms. The molecule has 1 aliphatic rings. The zero-order chi connectivity index (χ0) is 20.1. The highest BCUT2D eigenvalue weighted by Crippen LogP contribution is 2.24. The van der Waals surface area contributed by atoms with Gasteiger partial charge in [-0.05, 0) is 36.8 Å². The molecule has 1 fully saturated rings. The lowest BCUT2D eigenvalue weighted by atomic mass is 10.2. The number of nitrogens with zero attached hydrogens (tertiary/aromatic N) is 2. The molecule has 2 aromatic carbocycles. The van der Waals surface area contributed by atoms with Gasteiger partial charge < -0.3 is 10.6 Å². The molecular formula is C19H16Cl2N4O2S. The average molecular weight is 435 g/mol. The van der Waals surface area contributed by atoms with Gasteiger partial charge in [0, 0.05) is 12.1 Å². The van der Waals surface area contributed by atoms with Gasteiger partial charge in [0.1, 0.15) is 5.25 Å². The summed E-state index contributed by atoms with van der Waals surface area (Å²) in [5, 5.41) is 14.0. The first-order valence-electron chi connectivity index (χ1n) is 8.31. The molecule has 3 rings (SSSR count). The van der Waals surface area contributed by atoms with E-state index >= 15 is 0 Å². The van der Waals surface area contributed by atoms with Crippen molar-refractivity contribution in [2.45, 2.75) is 18.6 Å². The second-order valence-electron chi connectivity index (χ2n) is 6.04. The average Bonchev–Trinajstić information content (AvgIpc) is 2.99. The van der Waals surface area contributed by atoms with Crippen molar-refractivity contribution < 1.29 is 9.59 Å². The Kier molecular flexibility index (Phi) is 6.72. The number of nitrogens with one attached hydrogen (secondary N) is 2. The minimum atomic E-state index is -0.552. The summed E-state index contributed by atoms with van der Waals surface area (Å²) in [5.74, 6) is -0.510. The van der Waals surface area contributed by atoms with Crippen LogP contribution in [-0.4, -0.2) is 28.4 Å². The molecule has 0 spiro atoms. The van der Waals surface area contributed by atoms with Gasteiger partial charge in [0.25, 0.3) is 0 Å². The number of thioether (sulfide) groups is 1. The van der Waals surface area contributed by atoms with Crippen molar-refractivity contribution in [3.8, 4) is 0 Å². The van der Waals surface area contributed by atoms with Crippen molar-refractivity contribution in [3.05, 3.63) is 63.6 Å². The molecule has 2 aromatic rings. The third-order valence-electron chi connectivity index (χ3n) is 3.78. The molecule has 0 aromatic heterocycles. The van der Waals surface area contributed by atoms with Crippen LogP contribution in [0, 0.1) is 6.92 Å². The van der Waals surface area contributed by atoms with Crippen LogP contribution >= 0.6 is 35.0 Å². The number of benzene rings is 2. The fourth-order valence-electron chi connectivity index (χ4n) is 2.34. The molecule has 9 heteroatoms. The van der Waals surface area contributed by atoms with Gasteiger partial charge in [0.05, 0.1) is 16.3 Å². The van der Waals surface area contributed by atoms with Crippen molar-refractivity contribution >= 4 is 63.8 Å². The first-order valence-corrected chi connectivity index (χ1v) is 9.94. The summed E-state index contributed by atoms with van der Waals surface area (Å²) >= 11 is 13.0. The maximum absolute atomic E-state index is 12.2. The van der Waals surface area contributed by atoms with Gasteiger partial charge in [0.15, 0.2) is 5.17 Å². The van der Waals surface area contributed by atoms with Crippen LogP contribution in [0.3, 0.4) is 0 Å². The van der Waals surface area contributed by atoms with E-state index in [1.165, 1.54) is 18.0 Å². The van der Waals surface area contributed by atoms with E-state index in [9.17, 15) is 9.59 Å². The number of hydrogen-bond donors (Lipinski definition) is 2. The molecule has 1 atom stereocenters. The van der Waals surface area contributed by atoms with Gasteiger partial charge >= 0.3 is 0 Å². The second kappa shape index (κ2) is 9.23. The molecule has 2 N–H and O–H groups in total. The number of hydrogen-bond acceptors (Lipinski definition) is 5. The highest BCUT2D eigenvalue weighted by atomic mass is 35.5. The maximum Gasteiger partial charge on any atom is 0.240 e. The molecule has 2 amide bonds. The van der Waals surface area contributed by atoms with Crippen LogP contribution in [-0.2, 0) is 9.59 Å². The maximum atomic E-state index is 12.2. The minimum Gasteiger partial charge on any atom is -0.326 e. The Morgan fingerprint density at radius 1 is 1.21 bits per heavy atom. The summed E-state index contributed by atoms with van der Waals surface area (Å²) in [5.41, 5.74) is 2.52. The lowest BCUT2D eigenvalue weighted by Crippen LogP contribution is -2.28. The molecule has 1 aliphatic heterocycles. The van der Waals surface area contributed by atoms with Crippen LogP contribution in [0.25, 0.3) is 0 Å². The Balaban J connectivity index is 1.55. The van der Waals surface area contributed by atoms with Crippen molar-refractivity contribution in [2.75, 3.05) is 5.32 Å². The summed E-state index contributed by atoms with van der Waals surface area (Å²) in [4.78, 5) is 24.2. The molecular weight excluding hydrogens is 419 g/mol. The van der Waals surface area contributed by atoms with Gasteiger partial charge in [-0.3, -0.25) is 9.59 Å². The van der Waals surface area contributed by atoms with Crippen molar-refractivity contribution in [3.63, 3.8) is 0 Å². The molecule has 6 nitrogen and oxygen atoms in total. The van der Waals surface area contributed by atoms with Crippen LogP contribution < -0.4 is 10.6 Å². The fraction of sp³-hybridized carbons (Fsp3) is 0.158. The van der Waals surface area contributed by atoms with Crippen molar-refractivity contribution in [2.24, 2.45) is 10.2 Å². The van der Waals surface area contributed by atoms with Crippen molar-refractivity contribution in [1.29, 1.82) is 0 Å². The first-order chi connectivity index (χ1) is 13.4. The Bertz CT molecular complexity index is 961. The van der Waals surface area contributed by atoms with Gasteiger partial charge in [-0.1, -0.05) is 58.7 Å². The summed E-state index contributed by atoms with van der Waals surface area (Å²) < 4.78 is 0. The molecule has 0 aliphatic carbocycles. The predicted molar refractivity (Wildman–Crippen MR) is 115 cm³/mol. The van der Waals surface area contributed by atoms with E-state index in [0.717, 1.165) is 11.1 Å². The third-order valence-corrected chi connectivity index (χ3v) is 5.59. The lowest BCUT2D eigenvalue weighted by molar-refractivity contribution is -0.122. The van der Waals surface area contributed by atoms with E-state index in [-0.39, 0.29) is 18.2 Å². The third kappa shape index (κ3) is 5.58. The lowest BCUT2D eigenvalue weighted by Gasteiger charge is -2.07. The fourth-order valence-corrected chi connectivity index (χ4v) is 3.58. The number of amidine groups is 1. The molecule has 0 radical (unpaired) electrons. The van der Waals surface area contributed by atoms with E-state index in [1.54, 1.807) is 18.2 Å². The molecule has 1 heterocycles. The summed E-state index contributed by atoms with van der Waals surface area (Å²) in [6.07, 6.45) is 1.54. The van der Waals surface area contributed by atoms with Crippen LogP contribution in [0.4, 0.5) is 5.69 Å². The Morgan fingerprint density at radius 3 is 2.68 bits per heavy atom. The topological polar surface area (TPSA) is 82.9 Å². The van der Waals surface area contributed by atoms with E-state index in [0.29, 0.717) is 20.9 Å². The molecule has 0 saturated carbocycles. The molecule has 0 unspecified atom stereocenters.